The summed E-state index contributed by atoms with van der Waals surface area (Å²) in [5.41, 5.74) is -0.286. The predicted octanol–water partition coefficient (Wildman–Crippen LogP) is 6.71. The molecular formula is C40H34Cl2F5N3O6. The standard InChI is InChI=1S/C40H34Cl2F5N3O6/c1-2-56-26-16-20(8-11-25(26)51)28-22-9-10-23-27(36(53)49(35(23)52)21-12-14-48(15-13-21)18-19-6-4-3-5-7-19)24(22)17-39(41)37(54)50(38(55)40(28,39)42)34-32(46)30(44)29(43)31(45)33(34)47/h3-9,11,16,21,23-24,27-28,51H,2,10,12-15,17-18H2,1H3/t23-,24+,27-,28-,39+,40-/m0/s1. The lowest BCUT2D eigenvalue weighted by atomic mass is 9.56. The van der Waals surface area contributed by atoms with Gasteiger partial charge < -0.3 is 9.84 Å². The van der Waals surface area contributed by atoms with Gasteiger partial charge in [-0.25, -0.2) is 26.9 Å². The maximum Gasteiger partial charge on any atom is 0.258 e. The number of likely N-dealkylation sites (tertiary alicyclic amines) is 2. The summed E-state index contributed by atoms with van der Waals surface area (Å²) < 4.78 is 79.5. The van der Waals surface area contributed by atoms with E-state index < -0.39 is 104 Å². The lowest BCUT2D eigenvalue weighted by Crippen LogP contribution is -2.60. The number of aromatic hydroxyl groups is 1. The molecule has 4 fully saturated rings. The van der Waals surface area contributed by atoms with Gasteiger partial charge in [0, 0.05) is 31.6 Å². The van der Waals surface area contributed by atoms with Gasteiger partial charge in [0.05, 0.1) is 18.4 Å². The number of benzene rings is 3. The first-order valence-electron chi connectivity index (χ1n) is 18.2. The Morgan fingerprint density at radius 2 is 1.48 bits per heavy atom. The van der Waals surface area contributed by atoms with Crippen LogP contribution in [0.3, 0.4) is 0 Å². The van der Waals surface area contributed by atoms with Crippen molar-refractivity contribution in [2.45, 2.75) is 60.9 Å². The first kappa shape index (κ1) is 38.3. The first-order chi connectivity index (χ1) is 26.6. The molecule has 0 unspecified atom stereocenters. The van der Waals surface area contributed by atoms with E-state index in [4.69, 9.17) is 27.9 Å². The van der Waals surface area contributed by atoms with Crippen LogP contribution in [0.25, 0.3) is 0 Å². The molecule has 16 heteroatoms. The fourth-order valence-electron chi connectivity index (χ4n) is 9.48. The largest absolute Gasteiger partial charge is 0.504 e. The van der Waals surface area contributed by atoms with Gasteiger partial charge in [-0.15, -0.1) is 23.2 Å². The van der Waals surface area contributed by atoms with E-state index in [9.17, 15) is 37.5 Å². The number of anilines is 1. The zero-order valence-electron chi connectivity index (χ0n) is 29.7. The van der Waals surface area contributed by atoms with Crippen LogP contribution in [-0.2, 0) is 25.7 Å². The molecule has 0 bridgehead atoms. The molecule has 3 aromatic carbocycles. The quantitative estimate of drug-likeness (QED) is 0.0706. The van der Waals surface area contributed by atoms with Gasteiger partial charge in [0.15, 0.2) is 44.5 Å². The minimum absolute atomic E-state index is 0.0308. The first-order valence-corrected chi connectivity index (χ1v) is 19.0. The third-order valence-corrected chi connectivity index (χ3v) is 13.5. The average molecular weight is 819 g/mol. The SMILES string of the molecule is CCOc1cc([C@H]2C3=CC[C@@H]4C(=O)N(C5CCN(Cc6ccccc6)CC5)C(=O)[C@@H]4[C@@H]3C[C@@]3(Cl)C(=O)N(c4c(F)c(F)c(F)c(F)c4F)C(=O)[C@@]23Cl)ccc1O. The van der Waals surface area contributed by atoms with Crippen LogP contribution in [0.2, 0.25) is 0 Å². The summed E-state index contributed by atoms with van der Waals surface area (Å²) in [5, 5.41) is 10.5. The summed E-state index contributed by atoms with van der Waals surface area (Å²) in [4.78, 5) is 55.7. The molecule has 4 amide bonds. The van der Waals surface area contributed by atoms with Crippen LogP contribution in [0.15, 0.2) is 60.2 Å². The summed E-state index contributed by atoms with van der Waals surface area (Å²) in [6.07, 6.45) is 2.10. The van der Waals surface area contributed by atoms with E-state index in [2.05, 4.69) is 4.90 Å². The number of imide groups is 2. The fourth-order valence-corrected chi connectivity index (χ4v) is 10.4. The number of halogens is 7. The van der Waals surface area contributed by atoms with Gasteiger partial charge in [0.1, 0.15) is 5.69 Å². The van der Waals surface area contributed by atoms with Crippen molar-refractivity contribution in [2.24, 2.45) is 17.8 Å². The van der Waals surface area contributed by atoms with Crippen molar-refractivity contribution in [3.05, 3.63) is 100 Å². The second-order valence-electron chi connectivity index (χ2n) is 14.9. The molecule has 0 radical (unpaired) electrons. The van der Waals surface area contributed by atoms with E-state index in [0.717, 1.165) is 5.56 Å². The van der Waals surface area contributed by atoms with Crippen molar-refractivity contribution in [2.75, 3.05) is 24.6 Å². The number of alkyl halides is 2. The molecule has 6 atom stereocenters. The molecule has 8 rings (SSSR count). The number of amides is 4. The molecule has 0 aromatic heterocycles. The smallest absolute Gasteiger partial charge is 0.258 e. The zero-order valence-corrected chi connectivity index (χ0v) is 31.2. The highest BCUT2D eigenvalue weighted by molar-refractivity contribution is 6.58. The van der Waals surface area contributed by atoms with E-state index in [1.807, 2.05) is 30.3 Å². The normalized spacial score (nSPS) is 29.4. The highest BCUT2D eigenvalue weighted by Crippen LogP contribution is 2.66. The molecule has 294 valence electrons. The topological polar surface area (TPSA) is 107 Å². The average Bonchev–Trinajstić information content (AvgIpc) is 3.53. The number of carbonyl (C=O) groups is 4. The number of piperidine rings is 1. The van der Waals surface area contributed by atoms with Gasteiger partial charge in [-0.2, -0.15) is 0 Å². The Morgan fingerprint density at radius 3 is 2.12 bits per heavy atom. The van der Waals surface area contributed by atoms with Gasteiger partial charge in [0.25, 0.3) is 11.8 Å². The predicted molar refractivity (Wildman–Crippen MR) is 192 cm³/mol. The van der Waals surface area contributed by atoms with Gasteiger partial charge >= 0.3 is 0 Å². The second-order valence-corrected chi connectivity index (χ2v) is 16.1. The van der Waals surface area contributed by atoms with E-state index >= 15 is 8.78 Å². The summed E-state index contributed by atoms with van der Waals surface area (Å²) in [5.74, 6) is -21.1. The summed E-state index contributed by atoms with van der Waals surface area (Å²) in [7, 11) is 0. The Morgan fingerprint density at radius 1 is 0.839 bits per heavy atom. The molecule has 1 saturated carbocycles. The van der Waals surface area contributed by atoms with Crippen molar-refractivity contribution in [3.63, 3.8) is 0 Å². The van der Waals surface area contributed by atoms with Crippen LogP contribution in [-0.4, -0.2) is 74.0 Å². The molecule has 56 heavy (non-hydrogen) atoms. The number of phenols is 1. The minimum Gasteiger partial charge on any atom is -0.504 e. The van der Waals surface area contributed by atoms with Crippen LogP contribution in [0.5, 0.6) is 11.5 Å². The maximum absolute atomic E-state index is 15.4. The number of rotatable bonds is 7. The molecular weight excluding hydrogens is 784 g/mol. The third kappa shape index (κ3) is 5.42. The molecule has 3 aromatic rings. The Labute approximate surface area is 327 Å². The van der Waals surface area contributed by atoms with Crippen LogP contribution >= 0.6 is 23.2 Å². The Bertz CT molecular complexity index is 2190. The number of phenolic OH excluding ortho intramolecular Hbond substituents is 1. The lowest BCUT2D eigenvalue weighted by Gasteiger charge is -2.50. The molecule has 3 heterocycles. The maximum atomic E-state index is 15.4. The van der Waals surface area contributed by atoms with E-state index in [1.165, 1.54) is 23.1 Å². The van der Waals surface area contributed by atoms with E-state index in [-0.39, 0.29) is 35.0 Å². The Balaban J connectivity index is 1.20. The molecule has 0 spiro atoms. The number of allylic oxidation sites excluding steroid dienone is 2. The molecule has 3 aliphatic heterocycles. The summed E-state index contributed by atoms with van der Waals surface area (Å²) >= 11 is 14.5. The van der Waals surface area contributed by atoms with Crippen LogP contribution in [0.4, 0.5) is 27.6 Å². The number of hydrogen-bond acceptors (Lipinski definition) is 7. The van der Waals surface area contributed by atoms with Gasteiger partial charge in [0.2, 0.25) is 17.6 Å². The molecule has 3 saturated heterocycles. The number of hydrogen-bond donors (Lipinski definition) is 1. The number of fused-ring (bicyclic) bond motifs is 4. The third-order valence-electron chi connectivity index (χ3n) is 12.0. The van der Waals surface area contributed by atoms with Crippen LogP contribution in [0, 0.1) is 46.8 Å². The van der Waals surface area contributed by atoms with E-state index in [1.54, 1.807) is 13.0 Å². The lowest BCUT2D eigenvalue weighted by molar-refractivity contribution is -0.144. The molecule has 2 aliphatic carbocycles. The van der Waals surface area contributed by atoms with Crippen LogP contribution in [0.1, 0.15) is 49.7 Å². The fraction of sp³-hybridized carbons (Fsp3) is 0.400. The van der Waals surface area contributed by atoms with E-state index in [0.29, 0.717) is 38.0 Å². The van der Waals surface area contributed by atoms with Crippen molar-refractivity contribution in [3.8, 4) is 11.5 Å². The van der Waals surface area contributed by atoms with Gasteiger partial charge in [-0.05, 0) is 61.8 Å². The number of nitrogens with zero attached hydrogens (tertiary/aromatic N) is 3. The van der Waals surface area contributed by atoms with Crippen molar-refractivity contribution >= 4 is 52.5 Å². The van der Waals surface area contributed by atoms with Crippen LogP contribution < -0.4 is 9.64 Å². The molecule has 9 nitrogen and oxygen atoms in total. The van der Waals surface area contributed by atoms with Crippen molar-refractivity contribution in [1.29, 1.82) is 0 Å². The highest BCUT2D eigenvalue weighted by atomic mass is 35.5. The van der Waals surface area contributed by atoms with Crippen molar-refractivity contribution in [1.82, 2.24) is 9.80 Å². The molecule has 1 N–H and O–H groups in total. The summed E-state index contributed by atoms with van der Waals surface area (Å²) in [6, 6.07) is 13.4. The van der Waals surface area contributed by atoms with Crippen molar-refractivity contribution < 1.29 is 51.0 Å². The Kier molecular flexibility index (Phi) is 9.48. The van der Waals surface area contributed by atoms with Gasteiger partial charge in [-0.1, -0.05) is 48.0 Å². The monoisotopic (exact) mass is 817 g/mol. The highest BCUT2D eigenvalue weighted by Gasteiger charge is 2.77. The van der Waals surface area contributed by atoms with Gasteiger partial charge in [-0.3, -0.25) is 29.0 Å². The minimum atomic E-state index is -2.68. The molecule has 5 aliphatic rings. The second kappa shape index (κ2) is 13.8. The summed E-state index contributed by atoms with van der Waals surface area (Å²) in [6.45, 7) is 3.67. The Hall–Kier alpha value is -4.53. The number of carbonyl (C=O) groups excluding carboxylic acids is 4. The number of ether oxygens (including phenoxy) is 1. The zero-order chi connectivity index (χ0) is 40.0.